The van der Waals surface area contributed by atoms with Gasteiger partial charge in [0.15, 0.2) is 0 Å². The average Bonchev–Trinajstić information content (AvgIpc) is 1.85. The van der Waals surface area contributed by atoms with Gasteiger partial charge >= 0.3 is 5.97 Å². The number of halogens is 2. The lowest BCUT2D eigenvalue weighted by molar-refractivity contribution is -0.140. The van der Waals surface area contributed by atoms with Crippen LogP contribution in [0.2, 0.25) is 0 Å². The van der Waals surface area contributed by atoms with Crippen molar-refractivity contribution in [2.75, 3.05) is 0 Å². The molecule has 0 aliphatic heterocycles. The highest BCUT2D eigenvalue weighted by Crippen LogP contribution is 2.37. The molecule has 1 N–H and O–H groups in total. The molecule has 0 spiro atoms. The minimum Gasteiger partial charge on any atom is -0.481 e. The van der Waals surface area contributed by atoms with Crippen LogP contribution >= 0.6 is 27.5 Å². The smallest absolute Gasteiger partial charge is 0.313 e. The van der Waals surface area contributed by atoms with Gasteiger partial charge in [-0.05, 0) is 0 Å². The Morgan fingerprint density at radius 3 is 2.64 bits per heavy atom. The van der Waals surface area contributed by atoms with E-state index in [2.05, 4.69) is 15.9 Å². The normalized spacial score (nSPS) is 35.6. The predicted octanol–water partition coefficient (Wildman–Crippen LogP) is 2.14. The molecule has 0 saturated carbocycles. The fourth-order valence-electron chi connectivity index (χ4n) is 0.838. The molecule has 0 bridgehead atoms. The van der Waals surface area contributed by atoms with Crippen molar-refractivity contribution >= 4 is 33.5 Å². The van der Waals surface area contributed by atoms with Crippen molar-refractivity contribution in [3.63, 3.8) is 0 Å². The predicted molar refractivity (Wildman–Crippen MR) is 46.9 cm³/mol. The van der Waals surface area contributed by atoms with Crippen LogP contribution in [-0.2, 0) is 4.79 Å². The van der Waals surface area contributed by atoms with E-state index in [0.29, 0.717) is 0 Å². The first-order chi connectivity index (χ1) is 5.04. The number of carbonyl (C=O) groups is 1. The Morgan fingerprint density at radius 1 is 1.64 bits per heavy atom. The summed E-state index contributed by atoms with van der Waals surface area (Å²) in [5.74, 6) is -1.63. The summed E-state index contributed by atoms with van der Waals surface area (Å²) in [6.07, 6.45) is 6.53. The summed E-state index contributed by atoms with van der Waals surface area (Å²) in [5.41, 5.74) is 0. The zero-order valence-electron chi connectivity index (χ0n) is 5.50. The molecular formula is C7H6BrClO2. The van der Waals surface area contributed by atoms with Crippen LogP contribution in [0.3, 0.4) is 0 Å². The molecule has 4 heteroatoms. The molecular weight excluding hydrogens is 231 g/mol. The maximum absolute atomic E-state index is 10.6. The van der Waals surface area contributed by atoms with E-state index in [0.717, 1.165) is 0 Å². The lowest BCUT2D eigenvalue weighted by Crippen LogP contribution is -2.29. The van der Waals surface area contributed by atoms with Crippen LogP contribution < -0.4 is 0 Å². The Kier molecular flexibility index (Phi) is 2.40. The molecule has 0 amide bonds. The van der Waals surface area contributed by atoms with Gasteiger partial charge in [-0.15, -0.1) is 11.6 Å². The van der Waals surface area contributed by atoms with Gasteiger partial charge in [-0.3, -0.25) is 4.79 Å². The largest absolute Gasteiger partial charge is 0.481 e. The first kappa shape index (κ1) is 8.81. The van der Waals surface area contributed by atoms with Gasteiger partial charge in [0, 0.05) is 0 Å². The molecule has 0 aromatic rings. The van der Waals surface area contributed by atoms with Crippen LogP contribution in [0.4, 0.5) is 0 Å². The second-order valence-corrected chi connectivity index (χ2v) is 4.63. The number of carboxylic acids is 1. The van der Waals surface area contributed by atoms with E-state index in [1.54, 1.807) is 24.3 Å². The minimum atomic E-state index is -0.965. The maximum atomic E-state index is 10.6. The minimum absolute atomic E-state index is 0.700. The van der Waals surface area contributed by atoms with Crippen molar-refractivity contribution in [1.82, 2.24) is 0 Å². The molecule has 1 rings (SSSR count). The van der Waals surface area contributed by atoms with Crippen molar-refractivity contribution in [3.8, 4) is 0 Å². The number of rotatable bonds is 1. The van der Waals surface area contributed by atoms with Crippen molar-refractivity contribution in [2.45, 2.75) is 3.78 Å². The highest BCUT2D eigenvalue weighted by Gasteiger charge is 2.36. The first-order valence-electron chi connectivity index (χ1n) is 3.01. The fourth-order valence-corrected chi connectivity index (χ4v) is 1.58. The van der Waals surface area contributed by atoms with Crippen molar-refractivity contribution in [3.05, 3.63) is 24.3 Å². The Bertz CT molecular complexity index is 233. The molecule has 2 nitrogen and oxygen atoms in total. The van der Waals surface area contributed by atoms with E-state index >= 15 is 0 Å². The highest BCUT2D eigenvalue weighted by molar-refractivity contribution is 9.10. The Labute approximate surface area is 77.7 Å². The standard InChI is InChI=1S/C7H6BrClO2/c8-7(9)4-2-1-3-5(7)6(10)11/h1-5H,(H,10,11)/t5-,7+/m1/s1. The first-order valence-corrected chi connectivity index (χ1v) is 4.18. The maximum Gasteiger partial charge on any atom is 0.313 e. The fraction of sp³-hybridized carbons (Fsp3) is 0.286. The van der Waals surface area contributed by atoms with E-state index in [1.165, 1.54) is 0 Å². The van der Waals surface area contributed by atoms with Gasteiger partial charge in [-0.1, -0.05) is 40.2 Å². The number of hydrogen-bond acceptors (Lipinski definition) is 1. The van der Waals surface area contributed by atoms with E-state index in [-0.39, 0.29) is 0 Å². The number of hydrogen-bond donors (Lipinski definition) is 1. The second kappa shape index (κ2) is 2.99. The Morgan fingerprint density at radius 2 is 2.27 bits per heavy atom. The van der Waals surface area contributed by atoms with Gasteiger partial charge in [0.05, 0.1) is 0 Å². The van der Waals surface area contributed by atoms with Gasteiger partial charge in [-0.25, -0.2) is 0 Å². The van der Waals surface area contributed by atoms with Gasteiger partial charge in [0.25, 0.3) is 0 Å². The third-order valence-electron chi connectivity index (χ3n) is 1.41. The van der Waals surface area contributed by atoms with E-state index in [9.17, 15) is 4.79 Å². The van der Waals surface area contributed by atoms with Gasteiger partial charge in [-0.2, -0.15) is 0 Å². The molecule has 0 aromatic heterocycles. The van der Waals surface area contributed by atoms with E-state index in [4.69, 9.17) is 16.7 Å². The van der Waals surface area contributed by atoms with Crippen molar-refractivity contribution < 1.29 is 9.90 Å². The molecule has 1 aliphatic carbocycles. The van der Waals surface area contributed by atoms with Crippen molar-refractivity contribution in [1.29, 1.82) is 0 Å². The van der Waals surface area contributed by atoms with Crippen LogP contribution in [0.15, 0.2) is 24.3 Å². The summed E-state index contributed by atoms with van der Waals surface area (Å²) in [5, 5.41) is 8.67. The number of alkyl halides is 2. The Hall–Kier alpha value is -0.280. The number of allylic oxidation sites excluding steroid dienone is 3. The van der Waals surface area contributed by atoms with Crippen LogP contribution in [0.25, 0.3) is 0 Å². The Balaban J connectivity index is 2.89. The highest BCUT2D eigenvalue weighted by atomic mass is 79.9. The van der Waals surface area contributed by atoms with Gasteiger partial charge in [0.1, 0.15) is 9.70 Å². The quantitative estimate of drug-likeness (QED) is 0.710. The summed E-state index contributed by atoms with van der Waals surface area (Å²) in [6.45, 7) is 0. The third-order valence-corrected chi connectivity index (χ3v) is 2.53. The summed E-state index contributed by atoms with van der Waals surface area (Å²) in [7, 11) is 0. The zero-order chi connectivity index (χ0) is 8.48. The average molecular weight is 237 g/mol. The van der Waals surface area contributed by atoms with Crippen LogP contribution in [-0.4, -0.2) is 14.9 Å². The third kappa shape index (κ3) is 1.84. The summed E-state index contributed by atoms with van der Waals surface area (Å²) < 4.78 is -0.965. The number of aliphatic carboxylic acids is 1. The van der Waals surface area contributed by atoms with Crippen LogP contribution in [0.5, 0.6) is 0 Å². The molecule has 0 heterocycles. The monoisotopic (exact) mass is 236 g/mol. The SMILES string of the molecule is O=C(O)[C@H]1C=CC=C[C@@]1(Cl)Br. The molecule has 0 saturated heterocycles. The zero-order valence-corrected chi connectivity index (χ0v) is 7.84. The molecule has 0 unspecified atom stereocenters. The van der Waals surface area contributed by atoms with E-state index < -0.39 is 15.7 Å². The molecule has 2 atom stereocenters. The lowest BCUT2D eigenvalue weighted by atomic mass is 10.0. The second-order valence-electron chi connectivity index (χ2n) is 2.23. The molecule has 11 heavy (non-hydrogen) atoms. The van der Waals surface area contributed by atoms with Gasteiger partial charge < -0.3 is 5.11 Å². The summed E-state index contributed by atoms with van der Waals surface area (Å²) >= 11 is 8.94. The topological polar surface area (TPSA) is 37.3 Å². The van der Waals surface area contributed by atoms with Crippen LogP contribution in [0, 0.1) is 5.92 Å². The van der Waals surface area contributed by atoms with E-state index in [1.807, 2.05) is 0 Å². The molecule has 0 fully saturated rings. The van der Waals surface area contributed by atoms with Crippen LogP contribution in [0.1, 0.15) is 0 Å². The molecule has 60 valence electrons. The molecule has 1 aliphatic rings. The molecule has 0 radical (unpaired) electrons. The molecule has 0 aromatic carbocycles. The van der Waals surface area contributed by atoms with Crippen molar-refractivity contribution in [2.24, 2.45) is 5.92 Å². The number of carboxylic acid groups (broad SMARTS) is 1. The summed E-state index contributed by atoms with van der Waals surface area (Å²) in [4.78, 5) is 10.6. The van der Waals surface area contributed by atoms with Gasteiger partial charge in [0.2, 0.25) is 0 Å². The summed E-state index contributed by atoms with van der Waals surface area (Å²) in [6, 6.07) is 0. The lowest BCUT2D eigenvalue weighted by Gasteiger charge is -2.22.